The Bertz CT molecular complexity index is 1620. The van der Waals surface area contributed by atoms with E-state index < -0.39 is 16.0 Å². The summed E-state index contributed by atoms with van der Waals surface area (Å²) in [5.74, 6) is -0.317. The normalized spacial score (nSPS) is 19.3. The molecule has 4 aromatic rings. The number of aromatic nitrogens is 3. The Hall–Kier alpha value is -3.74. The number of hydrogen-bond acceptors (Lipinski definition) is 8. The SMILES string of the molecule is O=C(O)c1ccc(OCC2CCCN(S(=O)(=O)CN3CCN(c4cnc5ncc6[nH]cccc6c45)CC3)C2)cc1. The van der Waals surface area contributed by atoms with Gasteiger partial charge in [0.15, 0.2) is 5.65 Å². The van der Waals surface area contributed by atoms with E-state index in [1.165, 1.54) is 12.1 Å². The molecule has 12 heteroatoms. The molecular weight excluding hydrogens is 532 g/mol. The molecule has 0 spiro atoms. The topological polar surface area (TPSA) is 132 Å². The molecule has 11 nitrogen and oxygen atoms in total. The van der Waals surface area contributed by atoms with Crippen LogP contribution in [0.2, 0.25) is 0 Å². The second-order valence-corrected chi connectivity index (χ2v) is 12.4. The van der Waals surface area contributed by atoms with Gasteiger partial charge in [-0.15, -0.1) is 0 Å². The summed E-state index contributed by atoms with van der Waals surface area (Å²) in [6, 6.07) is 10.3. The van der Waals surface area contributed by atoms with Crippen molar-refractivity contribution in [3.05, 3.63) is 60.6 Å². The van der Waals surface area contributed by atoms with Gasteiger partial charge in [-0.25, -0.2) is 27.5 Å². The molecule has 5 heterocycles. The lowest BCUT2D eigenvalue weighted by Crippen LogP contribution is -2.51. The van der Waals surface area contributed by atoms with Gasteiger partial charge in [-0.3, -0.25) is 4.90 Å². The molecule has 0 amide bonds. The van der Waals surface area contributed by atoms with Gasteiger partial charge in [-0.1, -0.05) is 6.07 Å². The van der Waals surface area contributed by atoms with E-state index in [2.05, 4.69) is 25.9 Å². The molecule has 1 unspecified atom stereocenters. The number of aromatic carboxylic acids is 1. The average Bonchev–Trinajstić information content (AvgIpc) is 3.42. The first-order valence-corrected chi connectivity index (χ1v) is 15.1. The quantitative estimate of drug-likeness (QED) is 0.331. The Morgan fingerprint density at radius 3 is 2.60 bits per heavy atom. The van der Waals surface area contributed by atoms with Crippen molar-refractivity contribution in [3.63, 3.8) is 0 Å². The zero-order valence-corrected chi connectivity index (χ0v) is 22.9. The van der Waals surface area contributed by atoms with Crippen LogP contribution in [-0.2, 0) is 10.0 Å². The number of carbonyl (C=O) groups is 1. The van der Waals surface area contributed by atoms with Gasteiger partial charge in [0.25, 0.3) is 0 Å². The number of aromatic amines is 1. The Kier molecular flexibility index (Phi) is 7.30. The lowest BCUT2D eigenvalue weighted by atomic mass is 10.0. The zero-order valence-electron chi connectivity index (χ0n) is 22.1. The molecule has 2 N–H and O–H groups in total. The predicted molar refractivity (Wildman–Crippen MR) is 152 cm³/mol. The monoisotopic (exact) mass is 564 g/mol. The van der Waals surface area contributed by atoms with Crippen LogP contribution in [0.25, 0.3) is 21.9 Å². The molecule has 0 saturated carbocycles. The van der Waals surface area contributed by atoms with E-state index in [-0.39, 0.29) is 17.4 Å². The van der Waals surface area contributed by atoms with Crippen LogP contribution in [0.1, 0.15) is 23.2 Å². The average molecular weight is 565 g/mol. The van der Waals surface area contributed by atoms with Crippen LogP contribution in [-0.4, -0.2) is 95.4 Å². The van der Waals surface area contributed by atoms with Crippen molar-refractivity contribution >= 4 is 43.6 Å². The molecule has 0 radical (unpaired) electrons. The van der Waals surface area contributed by atoms with Gasteiger partial charge < -0.3 is 19.7 Å². The smallest absolute Gasteiger partial charge is 0.335 e. The number of H-pyrrole nitrogens is 1. The minimum absolute atomic E-state index is 0.00449. The highest BCUT2D eigenvalue weighted by Crippen LogP contribution is 2.32. The summed E-state index contributed by atoms with van der Waals surface area (Å²) < 4.78 is 34.2. The molecular formula is C28H32N6O5S. The van der Waals surface area contributed by atoms with E-state index >= 15 is 0 Å². The van der Waals surface area contributed by atoms with Crippen LogP contribution in [0, 0.1) is 5.92 Å². The molecule has 40 heavy (non-hydrogen) atoms. The third-order valence-corrected chi connectivity index (χ3v) is 9.59. The van der Waals surface area contributed by atoms with Crippen LogP contribution in [0.15, 0.2) is 55.0 Å². The highest BCUT2D eigenvalue weighted by Gasteiger charge is 2.32. The van der Waals surface area contributed by atoms with Crippen LogP contribution in [0.4, 0.5) is 5.69 Å². The number of anilines is 1. The maximum Gasteiger partial charge on any atom is 0.335 e. The largest absolute Gasteiger partial charge is 0.493 e. The van der Waals surface area contributed by atoms with Gasteiger partial charge >= 0.3 is 5.97 Å². The summed E-state index contributed by atoms with van der Waals surface area (Å²) in [6.07, 6.45) is 7.22. The molecule has 2 saturated heterocycles. The number of pyridine rings is 2. The van der Waals surface area contributed by atoms with Gasteiger partial charge in [0.2, 0.25) is 10.0 Å². The minimum Gasteiger partial charge on any atom is -0.493 e. The fourth-order valence-corrected chi connectivity index (χ4v) is 7.34. The van der Waals surface area contributed by atoms with Gasteiger partial charge in [-0.05, 0) is 43.2 Å². The molecule has 1 atom stereocenters. The van der Waals surface area contributed by atoms with E-state index in [0.29, 0.717) is 57.3 Å². The number of piperazine rings is 1. The number of fused-ring (bicyclic) bond motifs is 3. The molecule has 2 fully saturated rings. The summed E-state index contributed by atoms with van der Waals surface area (Å²) in [7, 11) is -3.46. The highest BCUT2D eigenvalue weighted by atomic mass is 32.2. The number of piperidine rings is 1. The summed E-state index contributed by atoms with van der Waals surface area (Å²) in [5, 5.41) is 11.1. The molecule has 6 rings (SSSR count). The molecule has 0 bridgehead atoms. The van der Waals surface area contributed by atoms with Gasteiger partial charge in [0, 0.05) is 56.8 Å². The molecule has 1 aromatic carbocycles. The number of carboxylic acids is 1. The van der Waals surface area contributed by atoms with E-state index in [9.17, 15) is 13.2 Å². The van der Waals surface area contributed by atoms with Gasteiger partial charge in [0.1, 0.15) is 11.6 Å². The van der Waals surface area contributed by atoms with Crippen LogP contribution < -0.4 is 9.64 Å². The first-order chi connectivity index (χ1) is 19.4. The Labute approximate surface area is 232 Å². The van der Waals surface area contributed by atoms with Crippen molar-refractivity contribution in [2.24, 2.45) is 5.92 Å². The van der Waals surface area contributed by atoms with Crippen molar-refractivity contribution in [1.29, 1.82) is 0 Å². The lowest BCUT2D eigenvalue weighted by Gasteiger charge is -2.37. The van der Waals surface area contributed by atoms with E-state index in [1.54, 1.807) is 22.6 Å². The maximum atomic E-state index is 13.4. The van der Waals surface area contributed by atoms with Crippen molar-refractivity contribution in [3.8, 4) is 5.75 Å². The fourth-order valence-electron chi connectivity index (χ4n) is 5.62. The van der Waals surface area contributed by atoms with Crippen LogP contribution in [0.3, 0.4) is 0 Å². The standard InChI is InChI=1S/C28H32N6O5S/c35-28(36)21-5-7-22(8-6-21)39-18-20-3-2-10-34(17-20)40(37,38)19-32-11-13-33(14-12-32)25-16-31-27-26(25)23-4-1-9-29-24(23)15-30-27/h1,4-9,15-16,20,29H,2-3,10-14,17-19H2,(H,35,36). The number of ether oxygens (including phenoxy) is 1. The van der Waals surface area contributed by atoms with Crippen LogP contribution >= 0.6 is 0 Å². The van der Waals surface area contributed by atoms with E-state index in [0.717, 1.165) is 34.8 Å². The zero-order chi connectivity index (χ0) is 27.7. The number of sulfonamides is 1. The van der Waals surface area contributed by atoms with Gasteiger partial charge in [-0.2, -0.15) is 0 Å². The van der Waals surface area contributed by atoms with Crippen LogP contribution in [0.5, 0.6) is 5.75 Å². The van der Waals surface area contributed by atoms with Crippen molar-refractivity contribution < 1.29 is 23.1 Å². The van der Waals surface area contributed by atoms with Crippen molar-refractivity contribution in [2.75, 3.05) is 56.7 Å². The Morgan fingerprint density at radius 2 is 1.82 bits per heavy atom. The number of hydrogen-bond donors (Lipinski definition) is 2. The molecule has 3 aromatic heterocycles. The third kappa shape index (κ3) is 5.47. The Balaban J connectivity index is 1.04. The number of carboxylic acid groups (broad SMARTS) is 1. The van der Waals surface area contributed by atoms with Crippen molar-refractivity contribution in [2.45, 2.75) is 12.8 Å². The summed E-state index contributed by atoms with van der Waals surface area (Å²) >= 11 is 0. The molecule has 2 aliphatic rings. The maximum absolute atomic E-state index is 13.4. The van der Waals surface area contributed by atoms with E-state index in [1.807, 2.05) is 23.4 Å². The Morgan fingerprint density at radius 1 is 1.05 bits per heavy atom. The predicted octanol–water partition coefficient (Wildman–Crippen LogP) is 3.01. The number of nitrogens with one attached hydrogen (secondary N) is 1. The second kappa shape index (κ2) is 11.0. The minimum atomic E-state index is -3.46. The summed E-state index contributed by atoms with van der Waals surface area (Å²) in [5.41, 5.74) is 2.90. The first kappa shape index (κ1) is 26.5. The first-order valence-electron chi connectivity index (χ1n) is 13.5. The number of rotatable bonds is 8. The third-order valence-electron chi connectivity index (χ3n) is 7.78. The molecule has 0 aliphatic carbocycles. The lowest BCUT2D eigenvalue weighted by molar-refractivity contribution is 0.0697. The van der Waals surface area contributed by atoms with Gasteiger partial charge in [0.05, 0.1) is 41.2 Å². The highest BCUT2D eigenvalue weighted by molar-refractivity contribution is 7.89. The fraction of sp³-hybridized carbons (Fsp3) is 0.393. The number of benzene rings is 1. The summed E-state index contributed by atoms with van der Waals surface area (Å²) in [4.78, 5) is 27.6. The van der Waals surface area contributed by atoms with E-state index in [4.69, 9.17) is 9.84 Å². The second-order valence-electron chi connectivity index (χ2n) is 10.5. The summed E-state index contributed by atoms with van der Waals surface area (Å²) in [6.45, 7) is 4.04. The van der Waals surface area contributed by atoms with Crippen molar-refractivity contribution in [1.82, 2.24) is 24.2 Å². The molecule has 2 aliphatic heterocycles. The molecule has 210 valence electrons. The number of nitrogens with zero attached hydrogens (tertiary/aromatic N) is 5.